The minimum atomic E-state index is 0.701. The Balaban J connectivity index is 1.67. The Morgan fingerprint density at radius 2 is 2.04 bits per heavy atom. The first-order valence-corrected chi connectivity index (χ1v) is 8.85. The number of hydrogen-bond donors (Lipinski definition) is 1. The number of thiazole rings is 1. The van der Waals surface area contributed by atoms with Gasteiger partial charge in [0.1, 0.15) is 11.4 Å². The van der Waals surface area contributed by atoms with Crippen LogP contribution in [-0.2, 0) is 6.42 Å². The number of benzene rings is 1. The number of hydrogen-bond acceptors (Lipinski definition) is 6. The molecule has 1 aromatic carbocycles. The summed E-state index contributed by atoms with van der Waals surface area (Å²) in [5.41, 5.74) is 3.88. The summed E-state index contributed by atoms with van der Waals surface area (Å²) in [5, 5.41) is 6.21. The monoisotopic (exact) mass is 351 g/mol. The zero-order valence-electron chi connectivity index (χ0n) is 13.9. The van der Waals surface area contributed by atoms with Gasteiger partial charge in [0.2, 0.25) is 5.78 Å². The molecule has 0 spiro atoms. The third kappa shape index (κ3) is 2.94. The van der Waals surface area contributed by atoms with Gasteiger partial charge in [-0.1, -0.05) is 6.92 Å². The molecule has 7 heteroatoms. The Morgan fingerprint density at radius 3 is 2.80 bits per heavy atom. The predicted molar refractivity (Wildman–Crippen MR) is 99.7 cm³/mol. The molecule has 0 aliphatic carbocycles. The van der Waals surface area contributed by atoms with E-state index in [0.29, 0.717) is 5.78 Å². The molecule has 4 aromatic rings. The van der Waals surface area contributed by atoms with Gasteiger partial charge in [0.25, 0.3) is 0 Å². The van der Waals surface area contributed by atoms with E-state index in [-0.39, 0.29) is 0 Å². The van der Waals surface area contributed by atoms with Crippen LogP contribution in [0.5, 0.6) is 5.75 Å². The van der Waals surface area contributed by atoms with Gasteiger partial charge >= 0.3 is 0 Å². The molecule has 0 saturated carbocycles. The fraction of sp³-hybridized carbons (Fsp3) is 0.167. The van der Waals surface area contributed by atoms with Crippen molar-refractivity contribution < 1.29 is 4.74 Å². The molecule has 25 heavy (non-hydrogen) atoms. The quantitative estimate of drug-likeness (QED) is 0.585. The van der Waals surface area contributed by atoms with E-state index in [1.807, 2.05) is 46.3 Å². The van der Waals surface area contributed by atoms with Gasteiger partial charge in [-0.05, 0) is 36.8 Å². The maximum atomic E-state index is 5.18. The molecule has 0 radical (unpaired) electrons. The van der Waals surface area contributed by atoms with E-state index in [9.17, 15) is 0 Å². The molecule has 0 fully saturated rings. The Morgan fingerprint density at radius 1 is 1.20 bits per heavy atom. The van der Waals surface area contributed by atoms with E-state index >= 15 is 0 Å². The highest BCUT2D eigenvalue weighted by atomic mass is 32.1. The fourth-order valence-corrected chi connectivity index (χ4v) is 3.40. The largest absolute Gasteiger partial charge is 0.497 e. The number of aryl methyl sites for hydroxylation is 1. The Hall–Kier alpha value is -2.93. The standard InChI is InChI=1S/C18H17N5OS/c1-3-14-16(23-10-4-9-19-17(23)21-14)15-11-25-18(22-15)20-12-5-7-13(24-2)8-6-12/h4-11H,3H2,1-2H3,(H,20,22). The third-order valence-corrected chi connectivity index (χ3v) is 4.66. The molecule has 0 amide bonds. The highest BCUT2D eigenvalue weighted by Crippen LogP contribution is 2.30. The summed E-state index contributed by atoms with van der Waals surface area (Å²) in [6.45, 7) is 2.09. The molecule has 3 heterocycles. The van der Waals surface area contributed by atoms with Gasteiger partial charge in [0.15, 0.2) is 5.13 Å². The summed E-state index contributed by atoms with van der Waals surface area (Å²) in [7, 11) is 1.66. The number of imidazole rings is 1. The summed E-state index contributed by atoms with van der Waals surface area (Å²) in [6, 6.07) is 9.68. The van der Waals surface area contributed by atoms with Crippen molar-refractivity contribution in [2.75, 3.05) is 12.4 Å². The Kier molecular flexibility index (Phi) is 4.07. The lowest BCUT2D eigenvalue weighted by atomic mass is 10.2. The Bertz CT molecular complexity index is 1010. The van der Waals surface area contributed by atoms with Crippen molar-refractivity contribution in [3.63, 3.8) is 0 Å². The number of aromatic nitrogens is 4. The highest BCUT2D eigenvalue weighted by molar-refractivity contribution is 7.14. The summed E-state index contributed by atoms with van der Waals surface area (Å²) >= 11 is 1.57. The van der Waals surface area contributed by atoms with E-state index in [2.05, 4.69) is 22.2 Å². The molecule has 0 atom stereocenters. The second-order valence-electron chi connectivity index (χ2n) is 5.44. The molecular formula is C18H17N5OS. The summed E-state index contributed by atoms with van der Waals surface area (Å²) in [6.07, 6.45) is 4.56. The first-order chi connectivity index (χ1) is 12.3. The van der Waals surface area contributed by atoms with E-state index in [0.717, 1.165) is 40.1 Å². The van der Waals surface area contributed by atoms with Crippen LogP contribution in [0.2, 0.25) is 0 Å². The molecular weight excluding hydrogens is 334 g/mol. The number of anilines is 2. The zero-order chi connectivity index (χ0) is 17.2. The van der Waals surface area contributed by atoms with Crippen molar-refractivity contribution in [1.82, 2.24) is 19.4 Å². The molecule has 0 aliphatic rings. The number of nitrogens with one attached hydrogen (secondary N) is 1. The maximum Gasteiger partial charge on any atom is 0.234 e. The van der Waals surface area contributed by atoms with Crippen LogP contribution in [-0.4, -0.2) is 26.5 Å². The molecule has 0 bridgehead atoms. The van der Waals surface area contributed by atoms with Crippen molar-refractivity contribution >= 4 is 27.9 Å². The zero-order valence-corrected chi connectivity index (χ0v) is 14.7. The number of ether oxygens (including phenoxy) is 1. The van der Waals surface area contributed by atoms with Gasteiger partial charge < -0.3 is 10.1 Å². The molecule has 1 N–H and O–H groups in total. The van der Waals surface area contributed by atoms with E-state index in [4.69, 9.17) is 9.72 Å². The molecule has 4 rings (SSSR count). The van der Waals surface area contributed by atoms with Crippen LogP contribution in [0.25, 0.3) is 17.2 Å². The van der Waals surface area contributed by atoms with Crippen LogP contribution in [0.4, 0.5) is 10.8 Å². The van der Waals surface area contributed by atoms with Gasteiger partial charge in [-0.25, -0.2) is 15.0 Å². The van der Waals surface area contributed by atoms with E-state index in [1.165, 1.54) is 0 Å². The van der Waals surface area contributed by atoms with Crippen molar-refractivity contribution in [1.29, 1.82) is 0 Å². The van der Waals surface area contributed by atoms with Crippen LogP contribution >= 0.6 is 11.3 Å². The number of nitrogens with zero attached hydrogens (tertiary/aromatic N) is 4. The number of methoxy groups -OCH3 is 1. The first kappa shape index (κ1) is 15.6. The molecule has 0 saturated heterocycles. The predicted octanol–water partition coefficient (Wildman–Crippen LogP) is 4.17. The SMILES string of the molecule is CCc1nc2ncccn2c1-c1csc(Nc2ccc(OC)cc2)n1. The van der Waals surface area contributed by atoms with Crippen molar-refractivity contribution in [3.05, 3.63) is 53.8 Å². The second kappa shape index (κ2) is 6.52. The molecule has 0 unspecified atom stereocenters. The van der Waals surface area contributed by atoms with Crippen LogP contribution in [0, 0.1) is 0 Å². The summed E-state index contributed by atoms with van der Waals surface area (Å²) < 4.78 is 7.17. The Labute approximate surface area is 149 Å². The minimum Gasteiger partial charge on any atom is -0.497 e. The second-order valence-corrected chi connectivity index (χ2v) is 6.30. The molecule has 126 valence electrons. The van der Waals surface area contributed by atoms with Crippen molar-refractivity contribution in [2.24, 2.45) is 0 Å². The highest BCUT2D eigenvalue weighted by Gasteiger charge is 2.16. The maximum absolute atomic E-state index is 5.18. The fourth-order valence-electron chi connectivity index (χ4n) is 2.69. The number of rotatable bonds is 5. The van der Waals surface area contributed by atoms with Crippen LogP contribution in [0.15, 0.2) is 48.1 Å². The molecule has 6 nitrogen and oxygen atoms in total. The average Bonchev–Trinajstić information content (AvgIpc) is 3.26. The average molecular weight is 351 g/mol. The van der Waals surface area contributed by atoms with Crippen LogP contribution in [0.3, 0.4) is 0 Å². The molecule has 3 aromatic heterocycles. The topological polar surface area (TPSA) is 64.3 Å². The minimum absolute atomic E-state index is 0.701. The first-order valence-electron chi connectivity index (χ1n) is 7.97. The van der Waals surface area contributed by atoms with Crippen LogP contribution in [0.1, 0.15) is 12.6 Å². The normalized spacial score (nSPS) is 11.0. The lowest BCUT2D eigenvalue weighted by Gasteiger charge is -2.04. The van der Waals surface area contributed by atoms with Gasteiger partial charge in [0, 0.05) is 23.5 Å². The van der Waals surface area contributed by atoms with E-state index in [1.54, 1.807) is 24.6 Å². The summed E-state index contributed by atoms with van der Waals surface area (Å²) in [5.74, 6) is 1.53. The molecule has 0 aliphatic heterocycles. The van der Waals surface area contributed by atoms with Crippen LogP contribution < -0.4 is 10.1 Å². The summed E-state index contributed by atoms with van der Waals surface area (Å²) in [4.78, 5) is 13.7. The van der Waals surface area contributed by atoms with E-state index < -0.39 is 0 Å². The van der Waals surface area contributed by atoms with Gasteiger partial charge in [-0.15, -0.1) is 11.3 Å². The van der Waals surface area contributed by atoms with Gasteiger partial charge in [-0.3, -0.25) is 4.40 Å². The smallest absolute Gasteiger partial charge is 0.234 e. The van der Waals surface area contributed by atoms with Crippen molar-refractivity contribution in [3.8, 4) is 17.1 Å². The lowest BCUT2D eigenvalue weighted by molar-refractivity contribution is 0.415. The lowest BCUT2D eigenvalue weighted by Crippen LogP contribution is -1.93. The van der Waals surface area contributed by atoms with Gasteiger partial charge in [-0.2, -0.15) is 0 Å². The number of fused-ring (bicyclic) bond motifs is 1. The third-order valence-electron chi connectivity index (χ3n) is 3.90. The van der Waals surface area contributed by atoms with Gasteiger partial charge in [0.05, 0.1) is 18.5 Å². The van der Waals surface area contributed by atoms with Crippen molar-refractivity contribution in [2.45, 2.75) is 13.3 Å².